The Balaban J connectivity index is 1.62. The van der Waals surface area contributed by atoms with Crippen LogP contribution in [0.3, 0.4) is 0 Å². The molecule has 0 spiro atoms. The average molecular weight is 363 g/mol. The van der Waals surface area contributed by atoms with Crippen LogP contribution in [0.15, 0.2) is 28.3 Å². The molecule has 3 aromatic heterocycles. The van der Waals surface area contributed by atoms with Crippen LogP contribution in [0.25, 0.3) is 11.2 Å². The molecule has 1 aliphatic heterocycles. The Morgan fingerprint density at radius 3 is 2.76 bits per heavy atom. The number of ether oxygens (including phenoxy) is 1. The van der Waals surface area contributed by atoms with Gasteiger partial charge < -0.3 is 19.5 Å². The first-order valence-corrected chi connectivity index (χ1v) is 8.77. The van der Waals surface area contributed by atoms with Crippen molar-refractivity contribution in [1.82, 2.24) is 24.7 Å². The summed E-state index contributed by atoms with van der Waals surface area (Å²) < 4.78 is 12.3. The average Bonchev–Trinajstić information content (AvgIpc) is 3.28. The summed E-state index contributed by atoms with van der Waals surface area (Å²) in [6, 6.07) is 1.87. The van der Waals surface area contributed by atoms with Crippen molar-refractivity contribution in [3.63, 3.8) is 0 Å². The largest absolute Gasteiger partial charge is 0.388 e. The molecule has 0 aromatic carbocycles. The molecule has 0 unspecified atom stereocenters. The van der Waals surface area contributed by atoms with Crippen LogP contribution in [0.1, 0.15) is 24.6 Å². The van der Waals surface area contributed by atoms with Crippen molar-refractivity contribution in [1.29, 1.82) is 0 Å². The molecule has 25 heavy (non-hydrogen) atoms. The van der Waals surface area contributed by atoms with Crippen molar-refractivity contribution in [2.75, 3.05) is 0 Å². The minimum absolute atomic E-state index is 0.469. The summed E-state index contributed by atoms with van der Waals surface area (Å²) in [7, 11) is 0. The molecule has 10 heteroatoms. The number of hydrogen-bond acceptors (Lipinski definition) is 9. The lowest BCUT2D eigenvalue weighted by Gasteiger charge is -2.16. The summed E-state index contributed by atoms with van der Waals surface area (Å²) in [6.45, 7) is 3.55. The van der Waals surface area contributed by atoms with Gasteiger partial charge in [-0.3, -0.25) is 4.57 Å². The fraction of sp³-hybridized carbons (Fsp3) is 0.467. The number of aliphatic hydroxyl groups excluding tert-OH is 2. The van der Waals surface area contributed by atoms with Gasteiger partial charge in [-0.2, -0.15) is 0 Å². The van der Waals surface area contributed by atoms with E-state index in [9.17, 15) is 10.2 Å². The second kappa shape index (κ2) is 6.37. The second-order valence-corrected chi connectivity index (χ2v) is 6.90. The van der Waals surface area contributed by atoms with Crippen molar-refractivity contribution in [3.8, 4) is 0 Å². The van der Waals surface area contributed by atoms with Crippen LogP contribution in [-0.4, -0.2) is 53.2 Å². The van der Waals surface area contributed by atoms with E-state index in [1.54, 1.807) is 17.8 Å². The minimum Gasteiger partial charge on any atom is -0.388 e. The first-order valence-electron chi connectivity index (χ1n) is 7.78. The molecule has 9 nitrogen and oxygen atoms in total. The maximum atomic E-state index is 10.2. The highest BCUT2D eigenvalue weighted by molar-refractivity contribution is 7.98. The molecule has 0 aliphatic carbocycles. The Bertz CT molecular complexity index is 897. The third kappa shape index (κ3) is 2.91. The van der Waals surface area contributed by atoms with Crippen molar-refractivity contribution in [2.45, 2.75) is 49.2 Å². The van der Waals surface area contributed by atoms with Gasteiger partial charge in [-0.25, -0.2) is 15.0 Å². The molecule has 0 radical (unpaired) electrons. The molecule has 4 atom stereocenters. The quantitative estimate of drug-likeness (QED) is 0.518. The van der Waals surface area contributed by atoms with E-state index in [1.807, 2.05) is 13.0 Å². The first kappa shape index (κ1) is 16.5. The topological polar surface area (TPSA) is 119 Å². The number of aliphatic hydroxyl groups is 2. The highest BCUT2D eigenvalue weighted by atomic mass is 32.2. The molecule has 2 N–H and O–H groups in total. The molecule has 0 bridgehead atoms. The Morgan fingerprint density at radius 2 is 2.08 bits per heavy atom. The van der Waals surface area contributed by atoms with Gasteiger partial charge in [-0.1, -0.05) is 16.9 Å². The SMILES string of the molecule is Cc1cc(CSc2ncnc3c2ncn3[C@@H]2O[C@H](C)[C@@H](O)[C@H]2O)no1. The Kier molecular flexibility index (Phi) is 4.20. The summed E-state index contributed by atoms with van der Waals surface area (Å²) >= 11 is 1.47. The maximum Gasteiger partial charge on any atom is 0.166 e. The molecular formula is C15H17N5O4S. The molecule has 0 saturated carbocycles. The summed E-state index contributed by atoms with van der Waals surface area (Å²) in [4.78, 5) is 12.9. The lowest BCUT2D eigenvalue weighted by atomic mass is 10.1. The van der Waals surface area contributed by atoms with Crippen LogP contribution < -0.4 is 0 Å². The summed E-state index contributed by atoms with van der Waals surface area (Å²) in [5, 5.41) is 24.8. The standard InChI is InChI=1S/C15H17N5O4S/c1-7-3-9(19-24-7)4-25-14-10-13(16-5-17-14)20(6-18-10)15-12(22)11(21)8(2)23-15/h3,5-6,8,11-12,15,21-22H,4H2,1-2H3/t8-,11-,12-,15-/m1/s1. The fourth-order valence-corrected chi connectivity index (χ4v) is 3.63. The van der Waals surface area contributed by atoms with Crippen molar-refractivity contribution in [3.05, 3.63) is 30.2 Å². The Morgan fingerprint density at radius 1 is 1.24 bits per heavy atom. The summed E-state index contributed by atoms with van der Waals surface area (Å²) in [5.74, 6) is 1.35. The summed E-state index contributed by atoms with van der Waals surface area (Å²) in [5.41, 5.74) is 1.97. The maximum absolute atomic E-state index is 10.2. The zero-order valence-corrected chi connectivity index (χ0v) is 14.4. The molecule has 1 aliphatic rings. The van der Waals surface area contributed by atoms with E-state index in [-0.39, 0.29) is 0 Å². The zero-order valence-electron chi connectivity index (χ0n) is 13.6. The van der Waals surface area contributed by atoms with E-state index in [2.05, 4.69) is 20.1 Å². The van der Waals surface area contributed by atoms with E-state index >= 15 is 0 Å². The number of aromatic nitrogens is 5. The second-order valence-electron chi connectivity index (χ2n) is 5.93. The van der Waals surface area contributed by atoms with E-state index in [0.29, 0.717) is 21.9 Å². The number of thioether (sulfide) groups is 1. The van der Waals surface area contributed by atoms with Gasteiger partial charge >= 0.3 is 0 Å². The van der Waals surface area contributed by atoms with Gasteiger partial charge in [-0.05, 0) is 13.8 Å². The van der Waals surface area contributed by atoms with E-state index in [0.717, 1.165) is 11.5 Å². The molecule has 0 amide bonds. The van der Waals surface area contributed by atoms with Gasteiger partial charge in [-0.15, -0.1) is 0 Å². The summed E-state index contributed by atoms with van der Waals surface area (Å²) in [6.07, 6.45) is -0.213. The van der Waals surface area contributed by atoms with E-state index in [4.69, 9.17) is 9.26 Å². The normalized spacial score (nSPS) is 26.6. The fourth-order valence-electron chi connectivity index (χ4n) is 2.81. The lowest BCUT2D eigenvalue weighted by Crippen LogP contribution is -2.30. The number of imidazole rings is 1. The number of fused-ring (bicyclic) bond motifs is 1. The molecule has 3 aromatic rings. The minimum atomic E-state index is -1.04. The molecule has 1 fully saturated rings. The number of aryl methyl sites for hydroxylation is 1. The van der Waals surface area contributed by atoms with Crippen LogP contribution in [0.4, 0.5) is 0 Å². The highest BCUT2D eigenvalue weighted by Crippen LogP contribution is 2.33. The highest BCUT2D eigenvalue weighted by Gasteiger charge is 2.42. The third-order valence-corrected chi connectivity index (χ3v) is 5.12. The predicted molar refractivity (Wildman–Crippen MR) is 87.7 cm³/mol. The Hall–Kier alpha value is -2.01. The van der Waals surface area contributed by atoms with Gasteiger partial charge in [0.2, 0.25) is 0 Å². The molecule has 4 rings (SSSR count). The van der Waals surface area contributed by atoms with Crippen molar-refractivity contribution < 1.29 is 19.5 Å². The van der Waals surface area contributed by atoms with E-state index in [1.165, 1.54) is 18.1 Å². The first-order chi connectivity index (χ1) is 12.0. The van der Waals surface area contributed by atoms with E-state index < -0.39 is 24.5 Å². The van der Waals surface area contributed by atoms with Gasteiger partial charge in [0.15, 0.2) is 11.9 Å². The van der Waals surface area contributed by atoms with Crippen LogP contribution in [0.5, 0.6) is 0 Å². The molecular weight excluding hydrogens is 346 g/mol. The number of nitrogens with zero attached hydrogens (tertiary/aromatic N) is 5. The van der Waals surface area contributed by atoms with Crippen LogP contribution >= 0.6 is 11.8 Å². The zero-order chi connectivity index (χ0) is 17.6. The van der Waals surface area contributed by atoms with Crippen LogP contribution in [-0.2, 0) is 10.5 Å². The van der Waals surface area contributed by atoms with Gasteiger partial charge in [0, 0.05) is 11.8 Å². The molecule has 1 saturated heterocycles. The van der Waals surface area contributed by atoms with Crippen LogP contribution in [0, 0.1) is 6.92 Å². The molecule has 132 valence electrons. The number of hydrogen-bond donors (Lipinski definition) is 2. The van der Waals surface area contributed by atoms with Crippen LogP contribution in [0.2, 0.25) is 0 Å². The lowest BCUT2D eigenvalue weighted by molar-refractivity contribution is -0.0299. The van der Waals surface area contributed by atoms with Gasteiger partial charge in [0.25, 0.3) is 0 Å². The van der Waals surface area contributed by atoms with Gasteiger partial charge in [0.1, 0.15) is 34.8 Å². The van der Waals surface area contributed by atoms with Gasteiger partial charge in [0.05, 0.1) is 18.1 Å². The molecule has 4 heterocycles. The smallest absolute Gasteiger partial charge is 0.166 e. The Labute approximate surface area is 147 Å². The monoisotopic (exact) mass is 363 g/mol. The van der Waals surface area contributed by atoms with Crippen molar-refractivity contribution in [2.24, 2.45) is 0 Å². The predicted octanol–water partition coefficient (Wildman–Crippen LogP) is 1.05. The number of rotatable bonds is 4. The van der Waals surface area contributed by atoms with Crippen molar-refractivity contribution >= 4 is 22.9 Å². The third-order valence-electron chi connectivity index (χ3n) is 4.11.